The summed E-state index contributed by atoms with van der Waals surface area (Å²) in [6.07, 6.45) is 5.88. The Morgan fingerprint density at radius 3 is 2.67 bits per heavy atom. The Morgan fingerprint density at radius 2 is 2.06 bits per heavy atom. The first-order chi connectivity index (χ1) is 8.66. The number of hydrogen-bond acceptors (Lipinski definition) is 2. The molecule has 0 N–H and O–H groups in total. The third-order valence-corrected chi connectivity index (χ3v) is 2.73. The van der Waals surface area contributed by atoms with Crippen LogP contribution in [0.2, 0.25) is 0 Å². The first kappa shape index (κ1) is 12.3. The van der Waals surface area contributed by atoms with E-state index in [4.69, 9.17) is 0 Å². The van der Waals surface area contributed by atoms with Crippen LogP contribution < -0.4 is 0 Å². The van der Waals surface area contributed by atoms with Gasteiger partial charge in [-0.1, -0.05) is 42.5 Å². The fourth-order valence-corrected chi connectivity index (χ4v) is 1.82. The number of Topliss-reactive ketones (excluding diaryl/α,β-unsaturated/α-hetero) is 1. The van der Waals surface area contributed by atoms with Gasteiger partial charge in [0.2, 0.25) is 0 Å². The molecule has 1 aromatic carbocycles. The van der Waals surface area contributed by atoms with Crippen LogP contribution in [-0.4, -0.2) is 15.6 Å². The molecule has 0 atom stereocenters. The number of allylic oxidation sites excluding steroid dienone is 1. The number of aromatic nitrogens is 2. The Bertz CT molecular complexity index is 567. The molecule has 1 aromatic heterocycles. The van der Waals surface area contributed by atoms with E-state index in [1.165, 1.54) is 0 Å². The molecule has 0 aliphatic rings. The molecule has 0 bridgehead atoms. The molecule has 0 aliphatic heterocycles. The number of carbonyl (C=O) groups excluding carboxylic acids is 1. The number of benzene rings is 1. The maximum absolute atomic E-state index is 11.3. The van der Waals surface area contributed by atoms with Crippen LogP contribution in [0.1, 0.15) is 28.5 Å². The van der Waals surface area contributed by atoms with Gasteiger partial charge in [-0.05, 0) is 19.4 Å². The van der Waals surface area contributed by atoms with Crippen LogP contribution in [-0.2, 0) is 6.54 Å². The summed E-state index contributed by atoms with van der Waals surface area (Å²) in [5, 5.41) is 4.31. The lowest BCUT2D eigenvalue weighted by molar-refractivity contribution is 0.101. The molecular formula is C15H16N2O. The standard InChI is InChI=1S/C15H16N2O/c1-12-15(13(2)18)11-17(16-12)10-6-9-14-7-4-3-5-8-14/h3-9,11H,10H2,1-2H3/b9-6-. The van der Waals surface area contributed by atoms with Gasteiger partial charge in [0.1, 0.15) is 0 Å². The van der Waals surface area contributed by atoms with Crippen molar-refractivity contribution in [2.45, 2.75) is 20.4 Å². The molecule has 0 fully saturated rings. The summed E-state index contributed by atoms with van der Waals surface area (Å²) in [7, 11) is 0. The lowest BCUT2D eigenvalue weighted by Crippen LogP contribution is -1.95. The lowest BCUT2D eigenvalue weighted by Gasteiger charge is -1.95. The zero-order valence-corrected chi connectivity index (χ0v) is 10.6. The van der Waals surface area contributed by atoms with Gasteiger partial charge in [0.25, 0.3) is 0 Å². The summed E-state index contributed by atoms with van der Waals surface area (Å²) >= 11 is 0. The zero-order valence-electron chi connectivity index (χ0n) is 10.6. The van der Waals surface area contributed by atoms with Crippen molar-refractivity contribution in [3.63, 3.8) is 0 Å². The van der Waals surface area contributed by atoms with Gasteiger partial charge >= 0.3 is 0 Å². The molecule has 1 heterocycles. The SMILES string of the molecule is CC(=O)c1cn(C/C=C\c2ccccc2)nc1C. The van der Waals surface area contributed by atoms with Gasteiger partial charge in [0.05, 0.1) is 17.8 Å². The number of ketones is 1. The molecule has 0 unspecified atom stereocenters. The molecular weight excluding hydrogens is 224 g/mol. The molecule has 0 spiro atoms. The molecule has 0 amide bonds. The molecule has 0 aliphatic carbocycles. The van der Waals surface area contributed by atoms with E-state index < -0.39 is 0 Å². The van der Waals surface area contributed by atoms with Crippen molar-refractivity contribution in [1.82, 2.24) is 9.78 Å². The molecule has 3 nitrogen and oxygen atoms in total. The molecule has 0 saturated carbocycles. The van der Waals surface area contributed by atoms with Gasteiger partial charge in [-0.2, -0.15) is 5.10 Å². The van der Waals surface area contributed by atoms with E-state index in [0.717, 1.165) is 11.3 Å². The van der Waals surface area contributed by atoms with Crippen molar-refractivity contribution in [3.8, 4) is 0 Å². The van der Waals surface area contributed by atoms with Gasteiger partial charge in [-0.15, -0.1) is 0 Å². The van der Waals surface area contributed by atoms with E-state index >= 15 is 0 Å². The Kier molecular flexibility index (Phi) is 3.72. The van der Waals surface area contributed by atoms with E-state index in [2.05, 4.69) is 5.10 Å². The molecule has 2 aromatic rings. The molecule has 2 rings (SSSR count). The van der Waals surface area contributed by atoms with Crippen molar-refractivity contribution in [1.29, 1.82) is 0 Å². The number of aryl methyl sites for hydroxylation is 1. The predicted octanol–water partition coefficient (Wildman–Crippen LogP) is 3.11. The van der Waals surface area contributed by atoms with Crippen molar-refractivity contribution in [2.24, 2.45) is 0 Å². The quantitative estimate of drug-likeness (QED) is 0.770. The second kappa shape index (κ2) is 5.45. The first-order valence-electron chi connectivity index (χ1n) is 5.93. The van der Waals surface area contributed by atoms with Crippen LogP contribution >= 0.6 is 0 Å². The van der Waals surface area contributed by atoms with Crippen molar-refractivity contribution < 1.29 is 4.79 Å². The Morgan fingerprint density at radius 1 is 1.33 bits per heavy atom. The van der Waals surface area contributed by atoms with E-state index in [-0.39, 0.29) is 5.78 Å². The largest absolute Gasteiger partial charge is 0.294 e. The highest BCUT2D eigenvalue weighted by Crippen LogP contribution is 2.07. The van der Waals surface area contributed by atoms with Gasteiger partial charge in [0.15, 0.2) is 5.78 Å². The summed E-state index contributed by atoms with van der Waals surface area (Å²) < 4.78 is 1.78. The third-order valence-electron chi connectivity index (χ3n) is 2.73. The van der Waals surface area contributed by atoms with Gasteiger partial charge in [-0.25, -0.2) is 0 Å². The molecule has 0 saturated heterocycles. The van der Waals surface area contributed by atoms with Crippen molar-refractivity contribution in [2.75, 3.05) is 0 Å². The second-order valence-electron chi connectivity index (χ2n) is 4.22. The normalized spacial score (nSPS) is 11.0. The molecule has 3 heteroatoms. The van der Waals surface area contributed by atoms with Crippen LogP contribution in [0.5, 0.6) is 0 Å². The van der Waals surface area contributed by atoms with Crippen LogP contribution in [0.25, 0.3) is 6.08 Å². The summed E-state index contributed by atoms with van der Waals surface area (Å²) in [5.41, 5.74) is 2.65. The van der Waals surface area contributed by atoms with Crippen molar-refractivity contribution in [3.05, 3.63) is 59.4 Å². The van der Waals surface area contributed by atoms with Crippen molar-refractivity contribution >= 4 is 11.9 Å². The number of nitrogens with zero attached hydrogens (tertiary/aromatic N) is 2. The van der Waals surface area contributed by atoms with Crippen LogP contribution in [0, 0.1) is 6.92 Å². The molecule has 92 valence electrons. The van der Waals surface area contributed by atoms with E-state index in [0.29, 0.717) is 12.1 Å². The number of carbonyl (C=O) groups is 1. The second-order valence-corrected chi connectivity index (χ2v) is 4.22. The van der Waals surface area contributed by atoms with Gasteiger partial charge in [-0.3, -0.25) is 9.48 Å². The lowest BCUT2D eigenvalue weighted by atomic mass is 10.2. The fourth-order valence-electron chi connectivity index (χ4n) is 1.82. The maximum atomic E-state index is 11.3. The average molecular weight is 240 g/mol. The van der Waals surface area contributed by atoms with E-state index in [9.17, 15) is 4.79 Å². The van der Waals surface area contributed by atoms with E-state index in [1.807, 2.05) is 49.4 Å². The predicted molar refractivity (Wildman–Crippen MR) is 72.4 cm³/mol. The van der Waals surface area contributed by atoms with E-state index in [1.54, 1.807) is 17.8 Å². The summed E-state index contributed by atoms with van der Waals surface area (Å²) in [4.78, 5) is 11.3. The molecule has 0 radical (unpaired) electrons. The zero-order chi connectivity index (χ0) is 13.0. The van der Waals surface area contributed by atoms with Crippen LogP contribution in [0.15, 0.2) is 42.6 Å². The highest BCUT2D eigenvalue weighted by Gasteiger charge is 2.07. The van der Waals surface area contributed by atoms with Gasteiger partial charge in [0, 0.05) is 6.20 Å². The smallest absolute Gasteiger partial charge is 0.163 e. The minimum Gasteiger partial charge on any atom is -0.294 e. The maximum Gasteiger partial charge on any atom is 0.163 e. The minimum atomic E-state index is 0.0609. The topological polar surface area (TPSA) is 34.9 Å². The van der Waals surface area contributed by atoms with Crippen LogP contribution in [0.3, 0.4) is 0 Å². The minimum absolute atomic E-state index is 0.0609. The summed E-state index contributed by atoms with van der Waals surface area (Å²) in [6.45, 7) is 4.09. The van der Waals surface area contributed by atoms with Gasteiger partial charge < -0.3 is 0 Å². The highest BCUT2D eigenvalue weighted by atomic mass is 16.1. The van der Waals surface area contributed by atoms with Crippen LogP contribution in [0.4, 0.5) is 0 Å². The third kappa shape index (κ3) is 2.94. The average Bonchev–Trinajstić information content (AvgIpc) is 2.72. The monoisotopic (exact) mass is 240 g/mol. The Balaban J connectivity index is 2.05. The molecule has 18 heavy (non-hydrogen) atoms. The fraction of sp³-hybridized carbons (Fsp3) is 0.200. The Labute approximate surface area is 107 Å². The number of rotatable bonds is 4. The number of hydrogen-bond donors (Lipinski definition) is 0. The Hall–Kier alpha value is -2.16. The summed E-state index contributed by atoms with van der Waals surface area (Å²) in [5.74, 6) is 0.0609. The highest BCUT2D eigenvalue weighted by molar-refractivity contribution is 5.94. The first-order valence-corrected chi connectivity index (χ1v) is 5.93. The summed E-state index contributed by atoms with van der Waals surface area (Å²) in [6, 6.07) is 10.1.